The molecule has 0 aliphatic heterocycles. The highest BCUT2D eigenvalue weighted by molar-refractivity contribution is 7.09. The van der Waals surface area contributed by atoms with E-state index in [9.17, 15) is 4.79 Å². The smallest absolute Gasteiger partial charge is 0.311 e. The Labute approximate surface area is 159 Å². The quantitative estimate of drug-likeness (QED) is 0.726. The van der Waals surface area contributed by atoms with Gasteiger partial charge in [0.25, 0.3) is 0 Å². The maximum atomic E-state index is 12.1. The van der Waals surface area contributed by atoms with Gasteiger partial charge in [-0.15, -0.1) is 11.3 Å². The van der Waals surface area contributed by atoms with E-state index in [1.165, 1.54) is 61.0 Å². The van der Waals surface area contributed by atoms with Gasteiger partial charge in [0.05, 0.1) is 18.6 Å². The predicted octanol–water partition coefficient (Wildman–Crippen LogP) is 4.17. The summed E-state index contributed by atoms with van der Waals surface area (Å²) in [5.74, 6) is 2.64. The van der Waals surface area contributed by atoms with E-state index in [1.54, 1.807) is 11.3 Å². The molecule has 26 heavy (non-hydrogen) atoms. The van der Waals surface area contributed by atoms with Gasteiger partial charge in [0.1, 0.15) is 0 Å². The van der Waals surface area contributed by atoms with E-state index in [0.29, 0.717) is 19.1 Å². The van der Waals surface area contributed by atoms with Crippen molar-refractivity contribution in [1.82, 2.24) is 4.57 Å². The molecule has 0 amide bonds. The minimum Gasteiger partial charge on any atom is -0.466 e. The van der Waals surface area contributed by atoms with Gasteiger partial charge in [-0.3, -0.25) is 9.79 Å². The van der Waals surface area contributed by atoms with Crippen molar-refractivity contribution in [3.05, 3.63) is 15.4 Å². The van der Waals surface area contributed by atoms with E-state index < -0.39 is 0 Å². The zero-order valence-electron chi connectivity index (χ0n) is 16.0. The Morgan fingerprint density at radius 1 is 1.19 bits per heavy atom. The third-order valence-electron chi connectivity index (χ3n) is 7.02. The van der Waals surface area contributed by atoms with Crippen LogP contribution < -0.4 is 4.80 Å². The summed E-state index contributed by atoms with van der Waals surface area (Å²) < 4.78 is 7.63. The van der Waals surface area contributed by atoms with Gasteiger partial charge in [-0.1, -0.05) is 0 Å². The Bertz CT molecular complexity index is 751. The maximum absolute atomic E-state index is 12.1. The number of hydrogen-bond donors (Lipinski definition) is 0. The van der Waals surface area contributed by atoms with Gasteiger partial charge in [-0.25, -0.2) is 0 Å². The average Bonchev–Trinajstić information content (AvgIpc) is 3.33. The summed E-state index contributed by atoms with van der Waals surface area (Å²) in [5.41, 5.74) is 1.35. The highest BCUT2D eigenvalue weighted by Crippen LogP contribution is 2.57. The first-order valence-electron chi connectivity index (χ1n) is 10.5. The van der Waals surface area contributed by atoms with Gasteiger partial charge in [-0.05, 0) is 83.0 Å². The standard InChI is InChI=1S/C21H30N2O2S/c1-3-25-19(24)9-18-13(2)26-20(23(18)17-4-5-17)22-21-10-14-6-15(11-21)8-16(7-14)12-21/h14-17H,3-12H2,1-2H3. The second kappa shape index (κ2) is 6.22. The summed E-state index contributed by atoms with van der Waals surface area (Å²) in [6, 6.07) is 0.553. The molecule has 0 atom stereocenters. The van der Waals surface area contributed by atoms with Crippen molar-refractivity contribution in [2.45, 2.75) is 83.2 Å². The zero-order valence-corrected chi connectivity index (χ0v) is 16.8. The second-order valence-corrected chi connectivity index (χ2v) is 10.4. The van der Waals surface area contributed by atoms with Gasteiger partial charge in [0.15, 0.2) is 4.80 Å². The van der Waals surface area contributed by atoms with Crippen LogP contribution in [0.15, 0.2) is 4.99 Å². The second-order valence-electron chi connectivity index (χ2n) is 9.22. The lowest BCUT2D eigenvalue weighted by atomic mass is 9.53. The molecule has 5 aliphatic carbocycles. The number of hydrogen-bond acceptors (Lipinski definition) is 4. The number of rotatable bonds is 5. The number of aromatic nitrogens is 1. The lowest BCUT2D eigenvalue weighted by Crippen LogP contribution is -2.50. The summed E-state index contributed by atoms with van der Waals surface area (Å²) in [4.78, 5) is 20.0. The molecule has 6 rings (SSSR count). The fraction of sp³-hybridized carbons (Fsp3) is 0.810. The Kier molecular flexibility index (Phi) is 4.07. The zero-order chi connectivity index (χ0) is 17.9. The highest BCUT2D eigenvalue weighted by atomic mass is 32.1. The van der Waals surface area contributed by atoms with Crippen LogP contribution in [0.2, 0.25) is 0 Å². The minimum absolute atomic E-state index is 0.107. The number of aryl methyl sites for hydroxylation is 1. The average molecular weight is 375 g/mol. The maximum Gasteiger partial charge on any atom is 0.311 e. The first kappa shape index (κ1) is 17.0. The molecule has 1 heterocycles. The molecule has 0 spiro atoms. The van der Waals surface area contributed by atoms with Crippen LogP contribution in [0.1, 0.15) is 74.9 Å². The predicted molar refractivity (Wildman–Crippen MR) is 102 cm³/mol. The highest BCUT2D eigenvalue weighted by Gasteiger charge is 2.51. The van der Waals surface area contributed by atoms with E-state index in [-0.39, 0.29) is 11.5 Å². The number of carbonyl (C=O) groups is 1. The van der Waals surface area contributed by atoms with Crippen LogP contribution in [-0.2, 0) is 16.0 Å². The molecule has 142 valence electrons. The number of nitrogens with zero attached hydrogens (tertiary/aromatic N) is 2. The van der Waals surface area contributed by atoms with Gasteiger partial charge >= 0.3 is 5.97 Å². The first-order valence-corrected chi connectivity index (χ1v) is 11.3. The lowest BCUT2D eigenvalue weighted by Gasteiger charge is -2.54. The molecule has 0 aromatic carbocycles. The molecule has 4 bridgehead atoms. The summed E-state index contributed by atoms with van der Waals surface area (Å²) in [7, 11) is 0. The van der Waals surface area contributed by atoms with E-state index in [4.69, 9.17) is 9.73 Å². The summed E-state index contributed by atoms with van der Waals surface area (Å²) in [5, 5.41) is 0. The largest absolute Gasteiger partial charge is 0.466 e. The van der Waals surface area contributed by atoms with Crippen LogP contribution in [0.5, 0.6) is 0 Å². The molecular weight excluding hydrogens is 344 g/mol. The molecule has 5 heteroatoms. The number of esters is 1. The fourth-order valence-electron chi connectivity index (χ4n) is 6.28. The van der Waals surface area contributed by atoms with Crippen molar-refractivity contribution in [2.24, 2.45) is 22.7 Å². The van der Waals surface area contributed by atoms with E-state index >= 15 is 0 Å². The number of thiazole rings is 1. The normalized spacial score (nSPS) is 35.9. The van der Waals surface area contributed by atoms with Crippen molar-refractivity contribution in [2.75, 3.05) is 6.61 Å². The van der Waals surface area contributed by atoms with Gasteiger partial charge in [-0.2, -0.15) is 0 Å². The van der Waals surface area contributed by atoms with Gasteiger partial charge in [0, 0.05) is 16.6 Å². The SMILES string of the molecule is CCOC(=O)Cc1c(C)sc(=NC23CC4CC(CC(C4)C2)C3)n1C1CC1. The van der Waals surface area contributed by atoms with E-state index in [1.807, 2.05) is 6.92 Å². The first-order chi connectivity index (χ1) is 12.5. The molecule has 5 saturated carbocycles. The van der Waals surface area contributed by atoms with Crippen LogP contribution >= 0.6 is 11.3 Å². The molecule has 1 aromatic rings. The molecule has 0 N–H and O–H groups in total. The molecule has 5 aliphatic rings. The molecule has 4 nitrogen and oxygen atoms in total. The summed E-state index contributed by atoms with van der Waals surface area (Å²) >= 11 is 1.81. The topological polar surface area (TPSA) is 43.6 Å². The molecular formula is C21H30N2O2S. The fourth-order valence-corrected chi connectivity index (χ4v) is 7.44. The van der Waals surface area contributed by atoms with Crippen LogP contribution in [-0.4, -0.2) is 22.7 Å². The third-order valence-corrected chi connectivity index (χ3v) is 8.03. The third kappa shape index (κ3) is 2.96. The van der Waals surface area contributed by atoms with E-state index in [0.717, 1.165) is 23.4 Å². The minimum atomic E-state index is -0.107. The van der Waals surface area contributed by atoms with Crippen molar-refractivity contribution < 1.29 is 9.53 Å². The van der Waals surface area contributed by atoms with Crippen molar-refractivity contribution in [3.63, 3.8) is 0 Å². The molecule has 0 radical (unpaired) electrons. The monoisotopic (exact) mass is 374 g/mol. The van der Waals surface area contributed by atoms with Crippen molar-refractivity contribution in [3.8, 4) is 0 Å². The Morgan fingerprint density at radius 3 is 2.35 bits per heavy atom. The number of carbonyl (C=O) groups excluding carboxylic acids is 1. The molecule has 0 saturated heterocycles. The van der Waals surface area contributed by atoms with E-state index in [2.05, 4.69) is 11.5 Å². The van der Waals surface area contributed by atoms with Crippen LogP contribution in [0, 0.1) is 24.7 Å². The Balaban J connectivity index is 1.53. The van der Waals surface area contributed by atoms with Gasteiger partial charge in [0.2, 0.25) is 0 Å². The van der Waals surface area contributed by atoms with Crippen LogP contribution in [0.25, 0.3) is 0 Å². The van der Waals surface area contributed by atoms with Crippen molar-refractivity contribution in [1.29, 1.82) is 0 Å². The van der Waals surface area contributed by atoms with Gasteiger partial charge < -0.3 is 9.30 Å². The summed E-state index contributed by atoms with van der Waals surface area (Å²) in [6.45, 7) is 4.48. The van der Waals surface area contributed by atoms with Crippen LogP contribution in [0.4, 0.5) is 0 Å². The molecule has 1 aromatic heterocycles. The lowest BCUT2D eigenvalue weighted by molar-refractivity contribution is -0.142. The Hall–Kier alpha value is -1.10. The van der Waals surface area contributed by atoms with Crippen LogP contribution in [0.3, 0.4) is 0 Å². The van der Waals surface area contributed by atoms with Crippen molar-refractivity contribution >= 4 is 17.3 Å². The number of ether oxygens (including phenoxy) is 1. The molecule has 0 unspecified atom stereocenters. The molecule has 5 fully saturated rings. The Morgan fingerprint density at radius 2 is 1.81 bits per heavy atom. The summed E-state index contributed by atoms with van der Waals surface area (Å²) in [6.07, 6.45) is 11.1.